The van der Waals surface area contributed by atoms with Gasteiger partial charge in [0.1, 0.15) is 0 Å². The lowest BCUT2D eigenvalue weighted by molar-refractivity contribution is -0.139. The molecule has 0 aromatic heterocycles. The van der Waals surface area contributed by atoms with Gasteiger partial charge in [0.15, 0.2) is 29.6 Å². The first kappa shape index (κ1) is 26.6. The van der Waals surface area contributed by atoms with E-state index in [9.17, 15) is 14.4 Å². The van der Waals surface area contributed by atoms with E-state index in [1.165, 1.54) is 13.3 Å². The largest absolute Gasteiger partial charge is 0.493 e. The first-order valence-electron chi connectivity index (χ1n) is 11.5. The van der Waals surface area contributed by atoms with Crippen molar-refractivity contribution >= 4 is 35.7 Å². The summed E-state index contributed by atoms with van der Waals surface area (Å²) in [6, 6.07) is 6.86. The molecule has 0 spiro atoms. The van der Waals surface area contributed by atoms with E-state index in [1.807, 2.05) is 0 Å². The number of urea groups is 1. The molecular formula is C25H25ClN4O8. The number of carbonyl (C=O) groups excluding carboxylic acids is 3. The number of hydrogen-bond donors (Lipinski definition) is 3. The molecule has 3 N–H and O–H groups in total. The lowest BCUT2D eigenvalue weighted by Gasteiger charge is -2.28. The minimum absolute atomic E-state index is 0.111. The lowest BCUT2D eigenvalue weighted by Crippen LogP contribution is -2.45. The third kappa shape index (κ3) is 5.92. The summed E-state index contributed by atoms with van der Waals surface area (Å²) in [5, 5.41) is 9.58. The fraction of sp³-hybridized carbons (Fsp3) is 0.280. The van der Waals surface area contributed by atoms with E-state index in [-0.39, 0.29) is 31.3 Å². The minimum atomic E-state index is -0.772. The molecule has 1 atom stereocenters. The van der Waals surface area contributed by atoms with Crippen LogP contribution in [0.2, 0.25) is 5.02 Å². The summed E-state index contributed by atoms with van der Waals surface area (Å²) in [7, 11) is 1.43. The predicted octanol–water partition coefficient (Wildman–Crippen LogP) is 2.80. The van der Waals surface area contributed by atoms with Gasteiger partial charge < -0.3 is 34.3 Å². The number of nitrogens with zero attached hydrogens (tertiary/aromatic N) is 1. The van der Waals surface area contributed by atoms with Crippen LogP contribution in [0.1, 0.15) is 31.0 Å². The van der Waals surface area contributed by atoms with Crippen LogP contribution in [0, 0.1) is 0 Å². The van der Waals surface area contributed by atoms with Crippen molar-refractivity contribution in [2.45, 2.75) is 19.9 Å². The maximum atomic E-state index is 12.5. The molecule has 13 heteroatoms. The summed E-state index contributed by atoms with van der Waals surface area (Å²) in [5.74, 6) is 0.548. The summed E-state index contributed by atoms with van der Waals surface area (Å²) >= 11 is 6.19. The van der Waals surface area contributed by atoms with Gasteiger partial charge >= 0.3 is 12.0 Å². The predicted molar refractivity (Wildman–Crippen MR) is 136 cm³/mol. The SMILES string of the molecule is CCOC(=O)C1=C(C)NC(=O)N[C@@H]1c1ccc(OCC(=O)N/N=C\c2cc3c(cc2Cl)OCO3)c(OC)c1. The second-order valence-electron chi connectivity index (χ2n) is 8.01. The van der Waals surface area contributed by atoms with Crippen LogP contribution in [0.5, 0.6) is 23.0 Å². The molecule has 0 aliphatic carbocycles. The van der Waals surface area contributed by atoms with Gasteiger partial charge in [0.25, 0.3) is 5.91 Å². The first-order chi connectivity index (χ1) is 18.3. The number of esters is 1. The van der Waals surface area contributed by atoms with E-state index in [0.717, 1.165) is 0 Å². The highest BCUT2D eigenvalue weighted by molar-refractivity contribution is 6.33. The smallest absolute Gasteiger partial charge is 0.338 e. The molecule has 2 aromatic rings. The number of hydrogen-bond acceptors (Lipinski definition) is 9. The Morgan fingerprint density at radius 3 is 2.71 bits per heavy atom. The van der Waals surface area contributed by atoms with Crippen molar-refractivity contribution in [1.82, 2.24) is 16.1 Å². The summed E-state index contributed by atoms with van der Waals surface area (Å²) in [6.45, 7) is 3.25. The highest BCUT2D eigenvalue weighted by Crippen LogP contribution is 2.36. The number of nitrogens with one attached hydrogen (secondary N) is 3. The van der Waals surface area contributed by atoms with Gasteiger partial charge in [0.05, 0.1) is 36.6 Å². The van der Waals surface area contributed by atoms with Crippen molar-refractivity contribution in [2.24, 2.45) is 5.10 Å². The Morgan fingerprint density at radius 1 is 1.21 bits per heavy atom. The van der Waals surface area contributed by atoms with Gasteiger partial charge in [-0.15, -0.1) is 0 Å². The van der Waals surface area contributed by atoms with Gasteiger partial charge in [-0.3, -0.25) is 4.79 Å². The number of carbonyl (C=O) groups is 3. The van der Waals surface area contributed by atoms with E-state index >= 15 is 0 Å². The minimum Gasteiger partial charge on any atom is -0.493 e. The number of benzene rings is 2. The lowest BCUT2D eigenvalue weighted by atomic mass is 9.95. The molecule has 3 amide bonds. The normalized spacial score (nSPS) is 16.1. The molecule has 2 aromatic carbocycles. The second-order valence-corrected chi connectivity index (χ2v) is 8.42. The molecule has 0 radical (unpaired) electrons. The molecule has 2 heterocycles. The molecule has 0 unspecified atom stereocenters. The van der Waals surface area contributed by atoms with Crippen molar-refractivity contribution in [1.29, 1.82) is 0 Å². The number of rotatable bonds is 9. The van der Waals surface area contributed by atoms with Crippen LogP contribution in [0.25, 0.3) is 0 Å². The van der Waals surface area contributed by atoms with Crippen molar-refractivity contribution in [3.8, 4) is 23.0 Å². The van der Waals surface area contributed by atoms with Crippen LogP contribution in [-0.2, 0) is 14.3 Å². The molecule has 2 aliphatic heterocycles. The fourth-order valence-corrected chi connectivity index (χ4v) is 3.99. The van der Waals surface area contributed by atoms with Crippen LogP contribution < -0.4 is 35.0 Å². The molecule has 0 fully saturated rings. The van der Waals surface area contributed by atoms with Crippen molar-refractivity contribution in [3.63, 3.8) is 0 Å². The van der Waals surface area contributed by atoms with Crippen LogP contribution in [0.4, 0.5) is 4.79 Å². The van der Waals surface area contributed by atoms with Crippen LogP contribution >= 0.6 is 11.6 Å². The first-order valence-corrected chi connectivity index (χ1v) is 11.9. The van der Waals surface area contributed by atoms with Crippen LogP contribution in [-0.4, -0.2) is 51.2 Å². The third-order valence-electron chi connectivity index (χ3n) is 5.53. The number of allylic oxidation sites excluding steroid dienone is 1. The number of amides is 3. The number of methoxy groups -OCH3 is 1. The highest BCUT2D eigenvalue weighted by Gasteiger charge is 2.32. The van der Waals surface area contributed by atoms with E-state index in [0.29, 0.717) is 39.1 Å². The Morgan fingerprint density at radius 2 is 1.97 bits per heavy atom. The van der Waals surface area contributed by atoms with E-state index < -0.39 is 23.9 Å². The Labute approximate surface area is 222 Å². The number of hydrazone groups is 1. The van der Waals surface area contributed by atoms with Gasteiger partial charge in [-0.25, -0.2) is 15.0 Å². The molecular weight excluding hydrogens is 520 g/mol. The third-order valence-corrected chi connectivity index (χ3v) is 5.86. The number of halogens is 1. The Balaban J connectivity index is 1.41. The summed E-state index contributed by atoms with van der Waals surface area (Å²) in [6.07, 6.45) is 1.38. The number of fused-ring (bicyclic) bond motifs is 1. The summed E-state index contributed by atoms with van der Waals surface area (Å²) in [4.78, 5) is 36.9. The standard InChI is InChI=1S/C25H25ClN4O8/c1-4-35-24(32)22-13(2)28-25(33)29-23(22)14-5-6-17(18(7-14)34-3)36-11-21(31)30-27-10-15-8-19-20(9-16(15)26)38-12-37-19/h5-10,23H,4,11-12H2,1-3H3,(H,30,31)(H2,28,29,33)/b27-10-/t23-/m1/s1. The molecule has 200 valence electrons. The second kappa shape index (κ2) is 11.7. The average Bonchev–Trinajstić information content (AvgIpc) is 3.34. The van der Waals surface area contributed by atoms with Crippen molar-refractivity contribution in [2.75, 3.05) is 27.1 Å². The summed E-state index contributed by atoms with van der Waals surface area (Å²) < 4.78 is 26.7. The molecule has 2 aliphatic rings. The highest BCUT2D eigenvalue weighted by atomic mass is 35.5. The number of ether oxygens (including phenoxy) is 5. The van der Waals surface area contributed by atoms with Gasteiger partial charge in [0.2, 0.25) is 6.79 Å². The fourth-order valence-electron chi connectivity index (χ4n) is 3.79. The molecule has 38 heavy (non-hydrogen) atoms. The molecule has 0 bridgehead atoms. The quantitative estimate of drug-likeness (QED) is 0.248. The zero-order chi connectivity index (χ0) is 27.2. The zero-order valence-electron chi connectivity index (χ0n) is 20.8. The van der Waals surface area contributed by atoms with E-state index in [1.54, 1.807) is 44.2 Å². The van der Waals surface area contributed by atoms with E-state index in [2.05, 4.69) is 21.2 Å². The van der Waals surface area contributed by atoms with Gasteiger partial charge in [-0.2, -0.15) is 5.10 Å². The monoisotopic (exact) mass is 544 g/mol. The van der Waals surface area contributed by atoms with Crippen LogP contribution in [0.3, 0.4) is 0 Å². The van der Waals surface area contributed by atoms with E-state index in [4.69, 9.17) is 35.3 Å². The maximum absolute atomic E-state index is 12.5. The molecule has 12 nitrogen and oxygen atoms in total. The Kier molecular flexibility index (Phi) is 8.22. The Hall–Kier alpha value is -4.45. The Bertz CT molecular complexity index is 1330. The molecule has 4 rings (SSSR count). The van der Waals surface area contributed by atoms with Gasteiger partial charge in [-0.05, 0) is 37.6 Å². The van der Waals surface area contributed by atoms with Crippen LogP contribution in [0.15, 0.2) is 46.7 Å². The average molecular weight is 545 g/mol. The topological polar surface area (TPSA) is 146 Å². The molecule has 0 saturated carbocycles. The van der Waals surface area contributed by atoms with Crippen molar-refractivity contribution < 1.29 is 38.1 Å². The molecule has 0 saturated heterocycles. The van der Waals surface area contributed by atoms with Gasteiger partial charge in [-0.1, -0.05) is 17.7 Å². The van der Waals surface area contributed by atoms with Crippen molar-refractivity contribution in [3.05, 3.63) is 57.8 Å². The maximum Gasteiger partial charge on any atom is 0.338 e. The summed E-state index contributed by atoms with van der Waals surface area (Å²) in [5.41, 5.74) is 4.10. The zero-order valence-corrected chi connectivity index (χ0v) is 21.5. The van der Waals surface area contributed by atoms with Gasteiger partial charge in [0, 0.05) is 17.3 Å².